The molecule has 0 aliphatic rings. The van der Waals surface area contributed by atoms with Crippen LogP contribution in [0.1, 0.15) is 20.3 Å². The first-order valence-electron chi connectivity index (χ1n) is 5.09. The first kappa shape index (κ1) is 9.82. The second kappa shape index (κ2) is 4.20. The number of anilines is 1. The Kier molecular flexibility index (Phi) is 2.75. The number of hydrogen-bond donors (Lipinski definition) is 1. The van der Waals surface area contributed by atoms with Crippen molar-refractivity contribution in [3.63, 3.8) is 0 Å². The van der Waals surface area contributed by atoms with E-state index in [4.69, 9.17) is 0 Å². The Hall–Kier alpha value is -1.72. The van der Waals surface area contributed by atoms with Crippen molar-refractivity contribution in [3.8, 4) is 0 Å². The van der Waals surface area contributed by atoms with Gasteiger partial charge in [-0.25, -0.2) is 0 Å². The van der Waals surface area contributed by atoms with Crippen molar-refractivity contribution in [1.82, 2.24) is 25.3 Å². The normalized spacial score (nSPS) is 12.9. The molecule has 6 heteroatoms. The van der Waals surface area contributed by atoms with Crippen molar-refractivity contribution < 1.29 is 0 Å². The Labute approximate surface area is 87.7 Å². The van der Waals surface area contributed by atoms with Gasteiger partial charge in [0.1, 0.15) is 5.82 Å². The SMILES string of the molecule is CCC(C)CNc1ccc2nnnn2n1. The molecule has 0 aliphatic carbocycles. The van der Waals surface area contributed by atoms with Crippen LogP contribution >= 0.6 is 0 Å². The van der Waals surface area contributed by atoms with E-state index in [1.54, 1.807) is 0 Å². The summed E-state index contributed by atoms with van der Waals surface area (Å²) in [6, 6.07) is 3.72. The minimum atomic E-state index is 0.636. The molecule has 0 saturated carbocycles. The van der Waals surface area contributed by atoms with Gasteiger partial charge in [0.05, 0.1) is 0 Å². The van der Waals surface area contributed by atoms with Crippen LogP contribution in [-0.4, -0.2) is 31.8 Å². The molecule has 0 spiro atoms. The molecule has 2 rings (SSSR count). The first-order valence-corrected chi connectivity index (χ1v) is 5.09. The van der Waals surface area contributed by atoms with Gasteiger partial charge in [-0.05, 0) is 28.5 Å². The molecular weight excluding hydrogens is 192 g/mol. The molecule has 0 radical (unpaired) electrons. The molecule has 0 saturated heterocycles. The molecular formula is C9H14N6. The lowest BCUT2D eigenvalue weighted by molar-refractivity contribution is 0.590. The minimum Gasteiger partial charge on any atom is -0.368 e. The topological polar surface area (TPSA) is 68.0 Å². The number of tetrazole rings is 1. The summed E-state index contributed by atoms with van der Waals surface area (Å²) in [6.07, 6.45) is 1.15. The predicted octanol–water partition coefficient (Wildman–Crippen LogP) is 0.977. The molecule has 0 bridgehead atoms. The summed E-state index contributed by atoms with van der Waals surface area (Å²) < 4.78 is 1.42. The zero-order valence-corrected chi connectivity index (χ0v) is 8.88. The number of fused-ring (bicyclic) bond motifs is 1. The van der Waals surface area contributed by atoms with E-state index in [1.807, 2.05) is 12.1 Å². The maximum Gasteiger partial charge on any atom is 0.200 e. The Morgan fingerprint density at radius 3 is 3.13 bits per heavy atom. The average molecular weight is 206 g/mol. The van der Waals surface area contributed by atoms with E-state index >= 15 is 0 Å². The lowest BCUT2D eigenvalue weighted by atomic mass is 10.1. The molecule has 2 aromatic rings. The Bertz CT molecular complexity index is 437. The molecule has 0 aromatic carbocycles. The molecule has 1 N–H and O–H groups in total. The second-order valence-electron chi connectivity index (χ2n) is 3.64. The molecule has 15 heavy (non-hydrogen) atoms. The van der Waals surface area contributed by atoms with Crippen LogP contribution in [-0.2, 0) is 0 Å². The fourth-order valence-corrected chi connectivity index (χ4v) is 1.17. The van der Waals surface area contributed by atoms with Gasteiger partial charge in [0.15, 0.2) is 5.65 Å². The Morgan fingerprint density at radius 2 is 2.33 bits per heavy atom. The summed E-state index contributed by atoms with van der Waals surface area (Å²) >= 11 is 0. The summed E-state index contributed by atoms with van der Waals surface area (Å²) in [4.78, 5) is 0. The van der Waals surface area contributed by atoms with Crippen molar-refractivity contribution >= 4 is 11.5 Å². The third-order valence-corrected chi connectivity index (χ3v) is 2.40. The van der Waals surface area contributed by atoms with Crippen LogP contribution in [0.25, 0.3) is 5.65 Å². The zero-order chi connectivity index (χ0) is 10.7. The van der Waals surface area contributed by atoms with Gasteiger partial charge in [0.2, 0.25) is 0 Å². The first-order chi connectivity index (χ1) is 7.29. The maximum absolute atomic E-state index is 4.21. The van der Waals surface area contributed by atoms with E-state index in [-0.39, 0.29) is 0 Å². The van der Waals surface area contributed by atoms with Crippen LogP contribution in [0.15, 0.2) is 12.1 Å². The van der Waals surface area contributed by atoms with Crippen LogP contribution < -0.4 is 5.32 Å². The van der Waals surface area contributed by atoms with Gasteiger partial charge in [-0.1, -0.05) is 20.3 Å². The van der Waals surface area contributed by atoms with Crippen LogP contribution in [0.5, 0.6) is 0 Å². The molecule has 2 aromatic heterocycles. The molecule has 1 unspecified atom stereocenters. The van der Waals surface area contributed by atoms with E-state index in [9.17, 15) is 0 Å². The monoisotopic (exact) mass is 206 g/mol. The third kappa shape index (κ3) is 2.20. The Balaban J connectivity index is 2.08. The summed E-state index contributed by atoms with van der Waals surface area (Å²) in [5.41, 5.74) is 0.657. The van der Waals surface area contributed by atoms with E-state index < -0.39 is 0 Å². The van der Waals surface area contributed by atoms with Crippen molar-refractivity contribution in [2.24, 2.45) is 5.92 Å². The quantitative estimate of drug-likeness (QED) is 0.807. The highest BCUT2D eigenvalue weighted by Crippen LogP contribution is 2.06. The molecule has 6 nitrogen and oxygen atoms in total. The van der Waals surface area contributed by atoms with E-state index in [0.717, 1.165) is 18.8 Å². The second-order valence-corrected chi connectivity index (χ2v) is 3.64. The molecule has 2 heterocycles. The van der Waals surface area contributed by atoms with Gasteiger partial charge in [-0.15, -0.1) is 14.8 Å². The summed E-state index contributed by atoms with van der Waals surface area (Å²) in [6.45, 7) is 5.28. The fourth-order valence-electron chi connectivity index (χ4n) is 1.17. The summed E-state index contributed by atoms with van der Waals surface area (Å²) in [5, 5.41) is 18.5. The zero-order valence-electron chi connectivity index (χ0n) is 8.88. The number of nitrogens with one attached hydrogen (secondary N) is 1. The van der Waals surface area contributed by atoms with Crippen LogP contribution in [0, 0.1) is 5.92 Å². The third-order valence-electron chi connectivity index (χ3n) is 2.40. The van der Waals surface area contributed by atoms with Gasteiger partial charge in [0, 0.05) is 6.54 Å². The maximum atomic E-state index is 4.21. The van der Waals surface area contributed by atoms with Crippen molar-refractivity contribution in [3.05, 3.63) is 12.1 Å². The molecule has 0 aliphatic heterocycles. The van der Waals surface area contributed by atoms with Crippen molar-refractivity contribution in [2.75, 3.05) is 11.9 Å². The predicted molar refractivity (Wildman–Crippen MR) is 56.5 cm³/mol. The van der Waals surface area contributed by atoms with Gasteiger partial charge >= 0.3 is 0 Å². The van der Waals surface area contributed by atoms with Gasteiger partial charge in [0.25, 0.3) is 0 Å². The van der Waals surface area contributed by atoms with Gasteiger partial charge < -0.3 is 5.32 Å². The van der Waals surface area contributed by atoms with Crippen LogP contribution in [0.4, 0.5) is 5.82 Å². The van der Waals surface area contributed by atoms with Crippen molar-refractivity contribution in [1.29, 1.82) is 0 Å². The number of hydrogen-bond acceptors (Lipinski definition) is 5. The molecule has 80 valence electrons. The fraction of sp³-hybridized carbons (Fsp3) is 0.556. The van der Waals surface area contributed by atoms with E-state index in [0.29, 0.717) is 11.6 Å². The van der Waals surface area contributed by atoms with Crippen LogP contribution in [0.2, 0.25) is 0 Å². The number of rotatable bonds is 4. The molecule has 0 fully saturated rings. The average Bonchev–Trinajstić information content (AvgIpc) is 2.72. The standard InChI is InChI=1S/C9H14N6/c1-3-7(2)6-10-8-4-5-9-11-13-14-15(9)12-8/h4-5,7H,3,6H2,1-2H3,(H,10,12). The van der Waals surface area contributed by atoms with E-state index in [1.165, 1.54) is 4.63 Å². The van der Waals surface area contributed by atoms with Gasteiger partial charge in [-0.2, -0.15) is 0 Å². The van der Waals surface area contributed by atoms with E-state index in [2.05, 4.69) is 39.8 Å². The van der Waals surface area contributed by atoms with Crippen LogP contribution in [0.3, 0.4) is 0 Å². The summed E-state index contributed by atoms with van der Waals surface area (Å²) in [5.74, 6) is 1.44. The summed E-state index contributed by atoms with van der Waals surface area (Å²) in [7, 11) is 0. The number of nitrogens with zero attached hydrogens (tertiary/aromatic N) is 5. The highest BCUT2D eigenvalue weighted by atomic mass is 15.6. The number of aromatic nitrogens is 5. The molecule has 1 atom stereocenters. The largest absolute Gasteiger partial charge is 0.368 e. The lowest BCUT2D eigenvalue weighted by Crippen LogP contribution is -2.12. The molecule has 0 amide bonds. The highest BCUT2D eigenvalue weighted by molar-refractivity contribution is 5.41. The van der Waals surface area contributed by atoms with Gasteiger partial charge in [-0.3, -0.25) is 0 Å². The smallest absolute Gasteiger partial charge is 0.200 e. The Morgan fingerprint density at radius 1 is 1.47 bits per heavy atom. The lowest BCUT2D eigenvalue weighted by Gasteiger charge is -2.09. The minimum absolute atomic E-state index is 0.636. The highest BCUT2D eigenvalue weighted by Gasteiger charge is 2.02. The van der Waals surface area contributed by atoms with Crippen molar-refractivity contribution in [2.45, 2.75) is 20.3 Å².